The van der Waals surface area contributed by atoms with Crippen LogP contribution >= 0.6 is 0 Å². The molecule has 0 radical (unpaired) electrons. The number of phenols is 2. The van der Waals surface area contributed by atoms with Crippen LogP contribution in [0.5, 0.6) is 23.0 Å². The topological polar surface area (TPSA) is 119 Å². The SMILES string of the molecule is COc1cc(CCC(=O)CC(=O)/C=C/c2cc(OC)c(O)cc2CCN)ccc1O. The second-order valence-corrected chi connectivity index (χ2v) is 6.78. The highest BCUT2D eigenvalue weighted by atomic mass is 16.5. The predicted octanol–water partition coefficient (Wildman–Crippen LogP) is 2.79. The molecule has 7 nitrogen and oxygen atoms in total. The molecule has 2 rings (SSSR count). The number of rotatable bonds is 11. The Morgan fingerprint density at radius 3 is 2.37 bits per heavy atom. The van der Waals surface area contributed by atoms with Crippen molar-refractivity contribution in [2.75, 3.05) is 20.8 Å². The first kappa shape index (κ1) is 23.0. The van der Waals surface area contributed by atoms with Gasteiger partial charge in [-0.1, -0.05) is 12.1 Å². The Labute approximate surface area is 175 Å². The number of aromatic hydroxyl groups is 2. The molecule has 0 aromatic heterocycles. The van der Waals surface area contributed by atoms with E-state index in [1.165, 1.54) is 26.4 Å². The Morgan fingerprint density at radius 1 is 1.00 bits per heavy atom. The summed E-state index contributed by atoms with van der Waals surface area (Å²) in [7, 11) is 2.90. The van der Waals surface area contributed by atoms with Crippen LogP contribution in [0.4, 0.5) is 0 Å². The van der Waals surface area contributed by atoms with Gasteiger partial charge in [0.2, 0.25) is 0 Å². The zero-order valence-electron chi connectivity index (χ0n) is 17.2. The molecule has 7 heteroatoms. The summed E-state index contributed by atoms with van der Waals surface area (Å²) in [6.07, 6.45) is 3.94. The molecule has 0 saturated heterocycles. The highest BCUT2D eigenvalue weighted by Crippen LogP contribution is 2.30. The van der Waals surface area contributed by atoms with Gasteiger partial charge in [0.05, 0.1) is 20.6 Å². The predicted molar refractivity (Wildman–Crippen MR) is 114 cm³/mol. The first-order chi connectivity index (χ1) is 14.4. The maximum absolute atomic E-state index is 12.2. The van der Waals surface area contributed by atoms with Crippen molar-refractivity contribution in [1.29, 1.82) is 0 Å². The van der Waals surface area contributed by atoms with E-state index in [4.69, 9.17) is 15.2 Å². The molecule has 0 aliphatic carbocycles. The molecule has 0 atom stereocenters. The monoisotopic (exact) mass is 413 g/mol. The second-order valence-electron chi connectivity index (χ2n) is 6.78. The number of benzene rings is 2. The molecule has 0 amide bonds. The molecule has 0 unspecified atom stereocenters. The van der Waals surface area contributed by atoms with E-state index in [-0.39, 0.29) is 35.9 Å². The number of phenolic OH excluding ortho intramolecular Hbond substituents is 2. The van der Waals surface area contributed by atoms with Gasteiger partial charge in [-0.25, -0.2) is 0 Å². The quantitative estimate of drug-likeness (QED) is 0.383. The summed E-state index contributed by atoms with van der Waals surface area (Å²) in [5, 5.41) is 19.5. The number of carbonyl (C=O) groups excluding carboxylic acids is 2. The van der Waals surface area contributed by atoms with Crippen LogP contribution in [0.2, 0.25) is 0 Å². The average Bonchev–Trinajstić information content (AvgIpc) is 2.72. The van der Waals surface area contributed by atoms with Crippen molar-refractivity contribution >= 4 is 17.6 Å². The van der Waals surface area contributed by atoms with Gasteiger partial charge < -0.3 is 25.4 Å². The Kier molecular flexibility index (Phi) is 8.43. The van der Waals surface area contributed by atoms with E-state index in [0.29, 0.717) is 36.4 Å². The zero-order chi connectivity index (χ0) is 22.1. The molecule has 0 spiro atoms. The van der Waals surface area contributed by atoms with Crippen LogP contribution in [0, 0.1) is 0 Å². The third-order valence-corrected chi connectivity index (χ3v) is 4.61. The molecular formula is C23H27NO6. The van der Waals surface area contributed by atoms with Crippen molar-refractivity contribution in [1.82, 2.24) is 0 Å². The molecule has 0 bridgehead atoms. The number of methoxy groups -OCH3 is 2. The van der Waals surface area contributed by atoms with Crippen molar-refractivity contribution in [3.8, 4) is 23.0 Å². The molecule has 160 valence electrons. The molecule has 0 saturated carbocycles. The minimum absolute atomic E-state index is 0.00506. The number of hydrogen-bond acceptors (Lipinski definition) is 7. The zero-order valence-corrected chi connectivity index (χ0v) is 17.2. The Hall–Kier alpha value is -3.32. The second kappa shape index (κ2) is 11.0. The van der Waals surface area contributed by atoms with Crippen LogP contribution in [-0.4, -0.2) is 42.5 Å². The maximum Gasteiger partial charge on any atom is 0.163 e. The molecule has 0 aliphatic rings. The van der Waals surface area contributed by atoms with E-state index < -0.39 is 0 Å². The maximum atomic E-state index is 12.2. The lowest BCUT2D eigenvalue weighted by atomic mass is 10.0. The van der Waals surface area contributed by atoms with Crippen LogP contribution in [0.25, 0.3) is 6.08 Å². The summed E-state index contributed by atoms with van der Waals surface area (Å²) in [4.78, 5) is 24.4. The Balaban J connectivity index is 1.98. The van der Waals surface area contributed by atoms with E-state index in [1.54, 1.807) is 30.3 Å². The summed E-state index contributed by atoms with van der Waals surface area (Å²) in [6, 6.07) is 8.08. The van der Waals surface area contributed by atoms with Crippen molar-refractivity contribution < 1.29 is 29.3 Å². The minimum Gasteiger partial charge on any atom is -0.504 e. The minimum atomic E-state index is -0.311. The van der Waals surface area contributed by atoms with E-state index in [2.05, 4.69) is 0 Å². The first-order valence-corrected chi connectivity index (χ1v) is 9.56. The van der Waals surface area contributed by atoms with Gasteiger partial charge in [-0.3, -0.25) is 9.59 Å². The summed E-state index contributed by atoms with van der Waals surface area (Å²) < 4.78 is 10.2. The third kappa shape index (κ3) is 6.35. The summed E-state index contributed by atoms with van der Waals surface area (Å²) in [5.41, 5.74) is 7.93. The fourth-order valence-corrected chi connectivity index (χ4v) is 3.00. The van der Waals surface area contributed by atoms with Crippen molar-refractivity contribution in [3.05, 3.63) is 53.1 Å². The van der Waals surface area contributed by atoms with E-state index in [1.807, 2.05) is 0 Å². The molecule has 2 aromatic rings. The molecular weight excluding hydrogens is 386 g/mol. The highest BCUT2D eigenvalue weighted by Gasteiger charge is 2.11. The lowest BCUT2D eigenvalue weighted by Gasteiger charge is -2.10. The number of ketones is 2. The number of allylic oxidation sites excluding steroid dienone is 1. The van der Waals surface area contributed by atoms with Crippen molar-refractivity contribution in [3.63, 3.8) is 0 Å². The fourth-order valence-electron chi connectivity index (χ4n) is 3.00. The lowest BCUT2D eigenvalue weighted by Crippen LogP contribution is -2.07. The first-order valence-electron chi connectivity index (χ1n) is 9.56. The fraction of sp³-hybridized carbons (Fsp3) is 0.304. The van der Waals surface area contributed by atoms with Crippen LogP contribution in [0.1, 0.15) is 29.5 Å². The molecule has 0 fully saturated rings. The van der Waals surface area contributed by atoms with E-state index >= 15 is 0 Å². The van der Waals surface area contributed by atoms with Crippen LogP contribution in [-0.2, 0) is 22.4 Å². The van der Waals surface area contributed by atoms with Crippen molar-refractivity contribution in [2.45, 2.75) is 25.7 Å². The molecule has 0 aliphatic heterocycles. The summed E-state index contributed by atoms with van der Waals surface area (Å²) in [5.74, 6) is 0.189. The lowest BCUT2D eigenvalue weighted by molar-refractivity contribution is -0.124. The van der Waals surface area contributed by atoms with Gasteiger partial charge in [0.15, 0.2) is 28.8 Å². The number of hydrogen-bond donors (Lipinski definition) is 3. The van der Waals surface area contributed by atoms with Crippen LogP contribution in [0.3, 0.4) is 0 Å². The van der Waals surface area contributed by atoms with Gasteiger partial charge in [-0.2, -0.15) is 0 Å². The summed E-state index contributed by atoms with van der Waals surface area (Å²) in [6.45, 7) is 0.390. The molecule has 4 N–H and O–H groups in total. The van der Waals surface area contributed by atoms with E-state index in [9.17, 15) is 19.8 Å². The number of aryl methyl sites for hydroxylation is 1. The standard InChI is InChI=1S/C23H27NO6/c1-29-22-11-15(4-8-20(22)27)3-6-18(25)14-19(26)7-5-16-13-23(30-2)21(28)12-17(16)9-10-24/h4-5,7-8,11-13,27-28H,3,6,9-10,14,24H2,1-2H3/b7-5+. The number of nitrogens with two attached hydrogens (primary N) is 1. The third-order valence-electron chi connectivity index (χ3n) is 4.61. The van der Waals surface area contributed by atoms with Gasteiger partial charge in [0, 0.05) is 6.42 Å². The normalized spacial score (nSPS) is 10.9. The van der Waals surface area contributed by atoms with Gasteiger partial charge in [0.25, 0.3) is 0 Å². The highest BCUT2D eigenvalue weighted by molar-refractivity contribution is 6.06. The van der Waals surface area contributed by atoms with Crippen LogP contribution < -0.4 is 15.2 Å². The van der Waals surface area contributed by atoms with Crippen molar-refractivity contribution in [2.24, 2.45) is 5.73 Å². The average molecular weight is 413 g/mol. The van der Waals surface area contributed by atoms with E-state index in [0.717, 1.165) is 11.1 Å². The largest absolute Gasteiger partial charge is 0.504 e. The van der Waals surface area contributed by atoms with Gasteiger partial charge in [-0.15, -0.1) is 0 Å². The van der Waals surface area contributed by atoms with Crippen LogP contribution in [0.15, 0.2) is 36.4 Å². The molecule has 2 aromatic carbocycles. The number of Topliss-reactive ketones (excluding diaryl/α,β-unsaturated/α-hetero) is 1. The smallest absolute Gasteiger partial charge is 0.163 e. The molecule has 30 heavy (non-hydrogen) atoms. The van der Waals surface area contributed by atoms with Gasteiger partial charge >= 0.3 is 0 Å². The molecule has 0 heterocycles. The number of carbonyl (C=O) groups is 2. The van der Waals surface area contributed by atoms with Gasteiger partial charge in [-0.05, 0) is 66.4 Å². The van der Waals surface area contributed by atoms with Gasteiger partial charge in [0.1, 0.15) is 5.78 Å². The Bertz CT molecular complexity index is 936. The summed E-state index contributed by atoms with van der Waals surface area (Å²) >= 11 is 0. The number of ether oxygens (including phenoxy) is 2. The Morgan fingerprint density at radius 2 is 1.70 bits per heavy atom.